The van der Waals surface area contributed by atoms with Crippen LogP contribution < -0.4 is 0 Å². The number of rotatable bonds is 0. The van der Waals surface area contributed by atoms with Gasteiger partial charge in [-0.1, -0.05) is 18.2 Å². The Morgan fingerprint density at radius 2 is 2.10 bits per heavy atom. The fourth-order valence-corrected chi connectivity index (χ4v) is 1.41. The number of benzene rings is 1. The first-order valence-electron chi connectivity index (χ1n) is 3.02. The summed E-state index contributed by atoms with van der Waals surface area (Å²) in [6.07, 6.45) is 3.01. The molecule has 0 saturated heterocycles. The van der Waals surface area contributed by atoms with Crippen molar-refractivity contribution in [2.24, 2.45) is 0 Å². The van der Waals surface area contributed by atoms with Crippen molar-refractivity contribution < 1.29 is 0 Å². The van der Waals surface area contributed by atoms with Gasteiger partial charge in [-0.25, -0.2) is 0 Å². The predicted octanol–water partition coefficient (Wildman–Crippen LogP) is 2.60. The lowest BCUT2D eigenvalue weighted by Gasteiger charge is -1.89. The van der Waals surface area contributed by atoms with Gasteiger partial charge in [0.15, 0.2) is 0 Å². The van der Waals surface area contributed by atoms with Crippen LogP contribution in [0.5, 0.6) is 0 Å². The Hall–Kier alpha value is -0.760. The highest BCUT2D eigenvalue weighted by Gasteiger charge is 1.94. The highest BCUT2D eigenvalue weighted by molar-refractivity contribution is 9.08. The Balaban J connectivity index is 2.93. The van der Waals surface area contributed by atoms with Crippen molar-refractivity contribution in [3.8, 4) is 0 Å². The van der Waals surface area contributed by atoms with E-state index in [-0.39, 0.29) is 0 Å². The van der Waals surface area contributed by atoms with E-state index in [9.17, 15) is 0 Å². The van der Waals surface area contributed by atoms with Gasteiger partial charge in [-0.05, 0) is 12.1 Å². The van der Waals surface area contributed by atoms with E-state index < -0.39 is 0 Å². The lowest BCUT2D eigenvalue weighted by atomic mass is 10.3. The van der Waals surface area contributed by atoms with Crippen LogP contribution in [0.15, 0.2) is 30.3 Å². The lowest BCUT2D eigenvalue weighted by molar-refractivity contribution is 1.37. The van der Waals surface area contributed by atoms with Crippen LogP contribution in [0.4, 0.5) is 0 Å². The first-order chi connectivity index (χ1) is 4.88. The molecule has 0 unspecified atom stereocenters. The second kappa shape index (κ2) is 2.13. The molecule has 0 amide bonds. The fraction of sp³-hybridized carbons (Fsp3) is 0. The van der Waals surface area contributed by atoms with E-state index in [1.807, 2.05) is 27.9 Å². The maximum atomic E-state index is 3.33. The highest BCUT2D eigenvalue weighted by atomic mass is 79.9. The molecule has 1 nitrogen and oxygen atoms in total. The van der Waals surface area contributed by atoms with Crippen LogP contribution in [-0.4, -0.2) is 3.59 Å². The molecule has 0 bridgehead atoms. The summed E-state index contributed by atoms with van der Waals surface area (Å²) in [5, 5.41) is 1.21. The van der Waals surface area contributed by atoms with Crippen molar-refractivity contribution in [3.05, 3.63) is 36.5 Å². The summed E-state index contributed by atoms with van der Waals surface area (Å²) in [4.78, 5) is 0. The van der Waals surface area contributed by atoms with E-state index in [1.165, 1.54) is 5.39 Å². The fourth-order valence-electron chi connectivity index (χ4n) is 0.984. The molecule has 2 rings (SSSR count). The molecule has 49 valence electrons. The molecule has 10 heavy (non-hydrogen) atoms. The van der Waals surface area contributed by atoms with Crippen molar-refractivity contribution in [1.82, 2.24) is 3.59 Å². The summed E-state index contributed by atoms with van der Waals surface area (Å²) in [6, 6.07) is 10.1. The summed E-state index contributed by atoms with van der Waals surface area (Å²) in [5.41, 5.74) is 1.16. The van der Waals surface area contributed by atoms with Gasteiger partial charge in [-0.15, -0.1) is 0 Å². The summed E-state index contributed by atoms with van der Waals surface area (Å²) >= 11 is 3.33. The second-order valence-corrected chi connectivity index (χ2v) is 2.82. The monoisotopic (exact) mass is 194 g/mol. The molecule has 0 fully saturated rings. The molecule has 0 aliphatic carbocycles. The number of halogens is 1. The van der Waals surface area contributed by atoms with Crippen LogP contribution in [0.25, 0.3) is 10.9 Å². The van der Waals surface area contributed by atoms with E-state index in [0.29, 0.717) is 0 Å². The van der Waals surface area contributed by atoms with Crippen LogP contribution >= 0.6 is 16.1 Å². The van der Waals surface area contributed by atoms with Gasteiger partial charge in [0, 0.05) is 5.39 Å². The minimum absolute atomic E-state index is 1.16. The molecule has 2 aromatic rings. The topological polar surface area (TPSA) is 4.93 Å². The quantitative estimate of drug-likeness (QED) is 0.608. The van der Waals surface area contributed by atoms with Crippen molar-refractivity contribution in [1.29, 1.82) is 0 Å². The largest absolute Gasteiger partial charge is 0.274 e. The van der Waals surface area contributed by atoms with Crippen molar-refractivity contribution in [2.45, 2.75) is 0 Å². The number of nitrogens with zero attached hydrogens (tertiary/aromatic N) is 1. The number of fused-ring (bicyclic) bond motifs is 1. The van der Waals surface area contributed by atoms with Crippen LogP contribution in [0.3, 0.4) is 0 Å². The van der Waals surface area contributed by atoms with Crippen molar-refractivity contribution >= 4 is 27.1 Å². The van der Waals surface area contributed by atoms with Gasteiger partial charge in [0.2, 0.25) is 0 Å². The van der Waals surface area contributed by atoms with Crippen LogP contribution in [-0.2, 0) is 0 Å². The maximum Gasteiger partial charge on any atom is 0.0778 e. The van der Waals surface area contributed by atoms with E-state index >= 15 is 0 Å². The van der Waals surface area contributed by atoms with Gasteiger partial charge >= 0.3 is 0 Å². The third kappa shape index (κ3) is 0.762. The second-order valence-electron chi connectivity index (χ2n) is 2.11. The summed E-state index contributed by atoms with van der Waals surface area (Å²) < 4.78 is 1.81. The lowest BCUT2D eigenvalue weighted by Crippen LogP contribution is -1.72. The zero-order valence-electron chi connectivity index (χ0n) is 5.21. The standard InChI is InChI=1S/C8H5BrN/c9-10-6-5-7-3-1-2-4-8(7)10/h1-5H. The van der Waals surface area contributed by atoms with Crippen LogP contribution in [0.1, 0.15) is 0 Å². The van der Waals surface area contributed by atoms with Gasteiger partial charge in [0.1, 0.15) is 0 Å². The summed E-state index contributed by atoms with van der Waals surface area (Å²) in [6.45, 7) is 0. The van der Waals surface area contributed by atoms with Gasteiger partial charge in [0.05, 0.1) is 27.9 Å². The summed E-state index contributed by atoms with van der Waals surface area (Å²) in [5.74, 6) is 0. The van der Waals surface area contributed by atoms with Crippen LogP contribution in [0.2, 0.25) is 0 Å². The molecule has 1 radical (unpaired) electrons. The molecule has 0 aliphatic rings. The Kier molecular flexibility index (Phi) is 1.27. The molecule has 0 spiro atoms. The van der Waals surface area contributed by atoms with Gasteiger partial charge in [-0.3, -0.25) is 3.59 Å². The number of para-hydroxylation sites is 1. The summed E-state index contributed by atoms with van der Waals surface area (Å²) in [7, 11) is 0. The third-order valence-corrected chi connectivity index (χ3v) is 2.07. The van der Waals surface area contributed by atoms with Gasteiger partial charge < -0.3 is 0 Å². The van der Waals surface area contributed by atoms with E-state index in [0.717, 1.165) is 5.52 Å². The molecular formula is C8H5BrN. The molecule has 1 heterocycles. The Morgan fingerprint density at radius 3 is 2.90 bits per heavy atom. The Bertz CT molecular complexity index is 351. The van der Waals surface area contributed by atoms with Gasteiger partial charge in [0.25, 0.3) is 0 Å². The minimum atomic E-state index is 1.16. The molecule has 0 aliphatic heterocycles. The highest BCUT2D eigenvalue weighted by Crippen LogP contribution is 2.15. The van der Waals surface area contributed by atoms with E-state index in [2.05, 4.69) is 28.4 Å². The number of hydrogen-bond donors (Lipinski definition) is 0. The zero-order chi connectivity index (χ0) is 6.97. The molecule has 0 saturated carbocycles. The van der Waals surface area contributed by atoms with Crippen molar-refractivity contribution in [2.75, 3.05) is 0 Å². The zero-order valence-corrected chi connectivity index (χ0v) is 6.80. The normalized spacial score (nSPS) is 10.5. The van der Waals surface area contributed by atoms with E-state index in [4.69, 9.17) is 0 Å². The molecule has 1 aromatic heterocycles. The first-order valence-corrected chi connectivity index (χ1v) is 3.73. The first kappa shape index (κ1) is 5.98. The van der Waals surface area contributed by atoms with Crippen LogP contribution in [0, 0.1) is 6.20 Å². The molecule has 0 N–H and O–H groups in total. The third-order valence-electron chi connectivity index (χ3n) is 1.48. The van der Waals surface area contributed by atoms with Crippen molar-refractivity contribution in [3.63, 3.8) is 0 Å². The average molecular weight is 195 g/mol. The molecular weight excluding hydrogens is 190 g/mol. The Labute approximate surface area is 67.6 Å². The van der Waals surface area contributed by atoms with Gasteiger partial charge in [-0.2, -0.15) is 0 Å². The SMILES string of the molecule is Brn1[c]cc2ccccc21. The van der Waals surface area contributed by atoms with E-state index in [1.54, 1.807) is 0 Å². The maximum absolute atomic E-state index is 3.33. The molecule has 1 aromatic carbocycles. The smallest absolute Gasteiger partial charge is 0.0778 e. The number of aromatic nitrogens is 1. The molecule has 2 heteroatoms. The molecule has 0 atom stereocenters. The minimum Gasteiger partial charge on any atom is -0.274 e. The number of hydrogen-bond acceptors (Lipinski definition) is 0. The Morgan fingerprint density at radius 1 is 1.30 bits per heavy atom. The average Bonchev–Trinajstić information content (AvgIpc) is 2.34. The predicted molar refractivity (Wildman–Crippen MR) is 45.1 cm³/mol.